The molecule has 5 heteroatoms. The largest absolute Gasteiger partial charge is 0.147 e. The van der Waals surface area contributed by atoms with Crippen LogP contribution in [-0.4, -0.2) is 34.1 Å². The molecule has 0 aliphatic carbocycles. The van der Waals surface area contributed by atoms with Crippen molar-refractivity contribution in [1.29, 1.82) is 0 Å². The van der Waals surface area contributed by atoms with Crippen LogP contribution in [0.4, 0.5) is 0 Å². The van der Waals surface area contributed by atoms with Crippen LogP contribution in [0.1, 0.15) is 6.42 Å². The zero-order valence-corrected chi connectivity index (χ0v) is 9.23. The van der Waals surface area contributed by atoms with Crippen molar-refractivity contribution in [1.82, 2.24) is 0 Å². The molecule has 0 heterocycles. The van der Waals surface area contributed by atoms with E-state index >= 15 is 0 Å². The predicted molar refractivity (Wildman–Crippen MR) is 48.3 cm³/mol. The Morgan fingerprint density at radius 2 is 2.27 bits per heavy atom. The van der Waals surface area contributed by atoms with E-state index in [2.05, 4.69) is 10.6 Å². The molecule has 68 valence electrons. The molecular weight excluding hydrogens is 232 g/mol. The van der Waals surface area contributed by atoms with E-state index in [1.807, 2.05) is 0 Å². The summed E-state index contributed by atoms with van der Waals surface area (Å²) in [6.07, 6.45) is 0.753. The first-order valence-electron chi connectivity index (χ1n) is 3.04. The molecule has 0 radical (unpaired) electrons. The summed E-state index contributed by atoms with van der Waals surface area (Å²) in [6.45, 7) is 0. The molecular formula is C6H14ClNO2Se. The van der Waals surface area contributed by atoms with Gasteiger partial charge in [-0.05, 0) is 0 Å². The molecule has 0 rings (SSSR count). The van der Waals surface area contributed by atoms with Gasteiger partial charge in [-0.15, -0.1) is 12.4 Å². The van der Waals surface area contributed by atoms with Crippen molar-refractivity contribution in [3.05, 3.63) is 0 Å². The minimum absolute atomic E-state index is 0. The summed E-state index contributed by atoms with van der Waals surface area (Å²) < 4.78 is 4.45. The quantitative estimate of drug-likeness (QED) is 0.580. The number of hydrogen-bond acceptors (Lipinski definition) is 3. The first-order valence-corrected chi connectivity index (χ1v) is 5.97. The fourth-order valence-electron chi connectivity index (χ4n) is 0.514. The van der Waals surface area contributed by atoms with Crippen molar-refractivity contribution in [3.8, 4) is 0 Å². The average molecular weight is 247 g/mol. The van der Waals surface area contributed by atoms with Gasteiger partial charge in [0.1, 0.15) is 0 Å². The molecule has 0 aromatic carbocycles. The summed E-state index contributed by atoms with van der Waals surface area (Å²) in [4.78, 5) is 10.7. The second-order valence-corrected chi connectivity index (χ2v) is 3.98. The number of hydrogen-bond donors (Lipinski definition) is 1. The zero-order valence-electron chi connectivity index (χ0n) is 6.70. The molecule has 0 fully saturated rings. The number of carbonyl (C=O) groups excluding carboxylic acids is 1. The molecule has 11 heavy (non-hydrogen) atoms. The van der Waals surface area contributed by atoms with Gasteiger partial charge in [0.05, 0.1) is 0 Å². The van der Waals surface area contributed by atoms with Crippen molar-refractivity contribution >= 4 is 33.3 Å². The van der Waals surface area contributed by atoms with Gasteiger partial charge in [0.25, 0.3) is 0 Å². The molecule has 0 aromatic heterocycles. The second kappa shape index (κ2) is 8.34. The van der Waals surface area contributed by atoms with Gasteiger partial charge < -0.3 is 0 Å². The van der Waals surface area contributed by atoms with E-state index in [9.17, 15) is 4.79 Å². The third-order valence-electron chi connectivity index (χ3n) is 1.14. The fourth-order valence-corrected chi connectivity index (χ4v) is 1.54. The standard InChI is InChI=1S/C6H13NO2Se.ClH/c1-9-6(8)5(7)3-4-10-2;/h5H,3-4,7H2,1-2H3;1H/t5-;/m0./s1. The van der Waals surface area contributed by atoms with Crippen LogP contribution in [0.3, 0.4) is 0 Å². The third kappa shape index (κ3) is 6.63. The Morgan fingerprint density at radius 1 is 1.73 bits per heavy atom. The summed E-state index contributed by atoms with van der Waals surface area (Å²) in [5, 5.41) is 1.04. The van der Waals surface area contributed by atoms with Crippen LogP contribution in [0.25, 0.3) is 0 Å². The predicted octanol–water partition coefficient (Wildman–Crippen LogP) is 0.469. The van der Waals surface area contributed by atoms with Crippen molar-refractivity contribution < 1.29 is 9.53 Å². The van der Waals surface area contributed by atoms with Crippen LogP contribution in [0.15, 0.2) is 0 Å². The monoisotopic (exact) mass is 247 g/mol. The Labute approximate surface area is 79.6 Å². The Bertz CT molecular complexity index is 113. The number of nitrogens with two attached hydrogens (primary N) is 1. The molecule has 3 nitrogen and oxygen atoms in total. The average Bonchev–Trinajstić information content (AvgIpc) is 1.98. The van der Waals surface area contributed by atoms with Gasteiger partial charge in [0.2, 0.25) is 0 Å². The first-order chi connectivity index (χ1) is 4.72. The number of carbonyl (C=O) groups is 1. The number of ether oxygens (including phenoxy) is 1. The summed E-state index contributed by atoms with van der Waals surface area (Å²) in [5.74, 6) is 1.82. The first kappa shape index (κ1) is 13.8. The van der Waals surface area contributed by atoms with E-state index in [1.165, 1.54) is 7.11 Å². The summed E-state index contributed by atoms with van der Waals surface area (Å²) >= 11 is 0.603. The molecule has 2 N–H and O–H groups in total. The van der Waals surface area contributed by atoms with Crippen LogP contribution in [0.5, 0.6) is 0 Å². The minimum Gasteiger partial charge on any atom is -0.147 e. The molecule has 0 amide bonds. The smallest absolute Gasteiger partial charge is 0.147 e. The maximum absolute atomic E-state index is 10.7. The normalized spacial score (nSPS) is 11.5. The molecule has 0 bridgehead atoms. The van der Waals surface area contributed by atoms with Crippen LogP contribution in [0.2, 0.25) is 11.1 Å². The Balaban J connectivity index is 0. The van der Waals surface area contributed by atoms with E-state index in [1.54, 1.807) is 0 Å². The van der Waals surface area contributed by atoms with Crippen molar-refractivity contribution in [2.75, 3.05) is 7.11 Å². The molecule has 0 unspecified atom stereocenters. The summed E-state index contributed by atoms with van der Waals surface area (Å²) in [7, 11) is 1.36. The topological polar surface area (TPSA) is 52.3 Å². The minimum atomic E-state index is -0.410. The van der Waals surface area contributed by atoms with E-state index in [4.69, 9.17) is 5.73 Å². The summed E-state index contributed by atoms with van der Waals surface area (Å²) in [6, 6.07) is -0.410. The maximum atomic E-state index is 10.7. The van der Waals surface area contributed by atoms with Crippen molar-refractivity contribution in [3.63, 3.8) is 0 Å². The molecule has 0 aromatic rings. The number of halogens is 1. The molecule has 0 saturated heterocycles. The molecule has 0 saturated carbocycles. The van der Waals surface area contributed by atoms with Crippen LogP contribution < -0.4 is 5.73 Å². The van der Waals surface area contributed by atoms with Crippen LogP contribution in [0, 0.1) is 0 Å². The molecule has 0 aliphatic heterocycles. The third-order valence-corrected chi connectivity index (χ3v) is 2.49. The number of esters is 1. The molecule has 1 atom stereocenters. The Morgan fingerprint density at radius 3 is 2.64 bits per heavy atom. The molecule has 0 spiro atoms. The van der Waals surface area contributed by atoms with Gasteiger partial charge in [-0.1, -0.05) is 0 Å². The van der Waals surface area contributed by atoms with Gasteiger partial charge in [0, 0.05) is 0 Å². The maximum Gasteiger partial charge on any atom is -0.147 e. The van der Waals surface area contributed by atoms with Crippen LogP contribution in [-0.2, 0) is 9.53 Å². The van der Waals surface area contributed by atoms with Crippen molar-refractivity contribution in [2.45, 2.75) is 23.6 Å². The zero-order chi connectivity index (χ0) is 7.98. The van der Waals surface area contributed by atoms with E-state index in [-0.39, 0.29) is 18.4 Å². The van der Waals surface area contributed by atoms with Gasteiger partial charge in [-0.2, -0.15) is 0 Å². The Kier molecular flexibility index (Phi) is 10.5. The number of rotatable bonds is 4. The number of methoxy groups -OCH3 is 1. The SMILES string of the molecule is COC(=O)[C@@H](N)CC[Se]C.Cl. The van der Waals surface area contributed by atoms with Gasteiger partial charge >= 0.3 is 66.9 Å². The van der Waals surface area contributed by atoms with Crippen LogP contribution >= 0.6 is 12.4 Å². The Hall–Kier alpha value is 0.239. The van der Waals surface area contributed by atoms with Gasteiger partial charge in [0.15, 0.2) is 0 Å². The summed E-state index contributed by atoms with van der Waals surface area (Å²) in [5.41, 5.74) is 5.45. The second-order valence-electron chi connectivity index (χ2n) is 1.91. The fraction of sp³-hybridized carbons (Fsp3) is 0.833. The van der Waals surface area contributed by atoms with Crippen molar-refractivity contribution in [2.24, 2.45) is 5.73 Å². The van der Waals surface area contributed by atoms with E-state index < -0.39 is 6.04 Å². The van der Waals surface area contributed by atoms with E-state index in [0.29, 0.717) is 15.0 Å². The van der Waals surface area contributed by atoms with Gasteiger partial charge in [-0.25, -0.2) is 0 Å². The van der Waals surface area contributed by atoms with E-state index in [0.717, 1.165) is 11.7 Å². The van der Waals surface area contributed by atoms with Gasteiger partial charge in [-0.3, -0.25) is 0 Å². The molecule has 0 aliphatic rings.